The van der Waals surface area contributed by atoms with E-state index >= 15 is 0 Å². The number of primary amides is 1. The van der Waals surface area contributed by atoms with Gasteiger partial charge in [0.25, 0.3) is 5.91 Å². The minimum Gasteiger partial charge on any atom is -0.475 e. The lowest BCUT2D eigenvalue weighted by Gasteiger charge is -2.28. The third-order valence-corrected chi connectivity index (χ3v) is 6.04. The maximum Gasteiger partial charge on any atom is 0.490 e. The van der Waals surface area contributed by atoms with Crippen molar-refractivity contribution in [1.29, 1.82) is 0 Å². The lowest BCUT2D eigenvalue weighted by Crippen LogP contribution is -2.32. The number of nitrogens with zero attached hydrogens (tertiary/aromatic N) is 2. The zero-order chi connectivity index (χ0) is 27.2. The predicted molar refractivity (Wildman–Crippen MR) is 128 cm³/mol. The van der Waals surface area contributed by atoms with Crippen LogP contribution in [0, 0.1) is 0 Å². The molecule has 0 radical (unpaired) electrons. The van der Waals surface area contributed by atoms with Gasteiger partial charge in [0.05, 0.1) is 0 Å². The van der Waals surface area contributed by atoms with Gasteiger partial charge < -0.3 is 15.4 Å². The summed E-state index contributed by atoms with van der Waals surface area (Å²) in [5.41, 5.74) is 12.4. The summed E-state index contributed by atoms with van der Waals surface area (Å²) >= 11 is 0. The number of halogens is 3. The highest BCUT2D eigenvalue weighted by Gasteiger charge is 2.38. The standard InChI is InChI=1S/C23H26N4O3.C2HF3O2/c24-22(28)6-3-12-26-13-11-21-19(15-26)18-4-1-2-5-20(18)27(21)14-16-7-9-17(10-8-16)23(29)25-30;3-2(4,5)1(6)7/h1-2,4-5,7-10,30H,3,6,11-15H2,(H2,24,28)(H,25,29);(H,6,7). The van der Waals surface area contributed by atoms with Crippen LogP contribution in [0.4, 0.5) is 13.2 Å². The van der Waals surface area contributed by atoms with Gasteiger partial charge in [-0.25, -0.2) is 10.3 Å². The van der Waals surface area contributed by atoms with Crippen molar-refractivity contribution in [3.05, 3.63) is 70.9 Å². The van der Waals surface area contributed by atoms with Crippen molar-refractivity contribution >= 4 is 28.7 Å². The lowest BCUT2D eigenvalue weighted by atomic mass is 10.0. The van der Waals surface area contributed by atoms with Crippen molar-refractivity contribution in [1.82, 2.24) is 14.9 Å². The summed E-state index contributed by atoms with van der Waals surface area (Å²) in [7, 11) is 0. The number of aliphatic carboxylic acids is 1. The normalized spacial score (nSPS) is 13.4. The van der Waals surface area contributed by atoms with E-state index in [-0.39, 0.29) is 5.91 Å². The number of amides is 2. The number of aromatic nitrogens is 1. The predicted octanol–water partition coefficient (Wildman–Crippen LogP) is 3.07. The van der Waals surface area contributed by atoms with Crippen molar-refractivity contribution in [3.63, 3.8) is 0 Å². The zero-order valence-electron chi connectivity index (χ0n) is 19.8. The van der Waals surface area contributed by atoms with Gasteiger partial charge in [-0.3, -0.25) is 19.7 Å². The number of carbonyl (C=O) groups excluding carboxylic acids is 2. The fraction of sp³-hybridized carbons (Fsp3) is 0.320. The number of hydroxylamine groups is 1. The van der Waals surface area contributed by atoms with E-state index in [4.69, 9.17) is 20.8 Å². The highest BCUT2D eigenvalue weighted by Crippen LogP contribution is 2.31. The second-order valence-corrected chi connectivity index (χ2v) is 8.57. The molecule has 0 aliphatic carbocycles. The summed E-state index contributed by atoms with van der Waals surface area (Å²) in [6, 6.07) is 15.7. The second-order valence-electron chi connectivity index (χ2n) is 8.57. The van der Waals surface area contributed by atoms with E-state index in [9.17, 15) is 22.8 Å². The summed E-state index contributed by atoms with van der Waals surface area (Å²) in [5.74, 6) is -3.51. The van der Waals surface area contributed by atoms with Gasteiger partial charge in [-0.2, -0.15) is 13.2 Å². The minimum absolute atomic E-state index is 0.244. The summed E-state index contributed by atoms with van der Waals surface area (Å²) in [6.07, 6.45) is -2.92. The Morgan fingerprint density at radius 3 is 2.30 bits per heavy atom. The van der Waals surface area contributed by atoms with Crippen LogP contribution >= 0.6 is 0 Å². The van der Waals surface area contributed by atoms with Crippen LogP contribution in [0.2, 0.25) is 0 Å². The van der Waals surface area contributed by atoms with Gasteiger partial charge in [-0.05, 0) is 42.3 Å². The van der Waals surface area contributed by atoms with E-state index in [2.05, 4.69) is 33.7 Å². The summed E-state index contributed by atoms with van der Waals surface area (Å²) in [6.45, 7) is 3.42. The van der Waals surface area contributed by atoms with Gasteiger partial charge in [0, 0.05) is 54.6 Å². The van der Waals surface area contributed by atoms with Crippen molar-refractivity contribution in [2.75, 3.05) is 13.1 Å². The highest BCUT2D eigenvalue weighted by atomic mass is 19.4. The fourth-order valence-corrected chi connectivity index (χ4v) is 4.31. The zero-order valence-corrected chi connectivity index (χ0v) is 19.8. The van der Waals surface area contributed by atoms with Crippen LogP contribution in [0.3, 0.4) is 0 Å². The molecule has 5 N–H and O–H groups in total. The van der Waals surface area contributed by atoms with Gasteiger partial charge in [-0.15, -0.1) is 0 Å². The smallest absolute Gasteiger partial charge is 0.475 e. The number of carboxylic acid groups (broad SMARTS) is 1. The Hall–Kier alpha value is -3.90. The van der Waals surface area contributed by atoms with Crippen LogP contribution < -0.4 is 11.2 Å². The van der Waals surface area contributed by atoms with Crippen LogP contribution in [0.25, 0.3) is 10.9 Å². The maximum atomic E-state index is 11.6. The molecule has 0 saturated carbocycles. The molecule has 3 aromatic rings. The van der Waals surface area contributed by atoms with Gasteiger partial charge in [0.1, 0.15) is 0 Å². The molecule has 0 bridgehead atoms. The molecule has 4 rings (SSSR count). The molecule has 9 nitrogen and oxygen atoms in total. The highest BCUT2D eigenvalue weighted by molar-refractivity contribution is 5.93. The SMILES string of the molecule is NC(=O)CCCN1CCc2c(c3ccccc3n2Cc2ccc(C(=O)NO)cc2)C1.O=C(O)C(F)(F)F. The molecule has 1 aliphatic heterocycles. The number of fused-ring (bicyclic) bond motifs is 3. The molecule has 198 valence electrons. The number of nitrogens with one attached hydrogen (secondary N) is 1. The quantitative estimate of drug-likeness (QED) is 0.279. The molecule has 0 unspecified atom stereocenters. The number of carbonyl (C=O) groups is 3. The molecule has 1 aliphatic rings. The first-order chi connectivity index (χ1) is 17.5. The van der Waals surface area contributed by atoms with Crippen LogP contribution in [-0.4, -0.2) is 56.8 Å². The third-order valence-electron chi connectivity index (χ3n) is 6.04. The largest absolute Gasteiger partial charge is 0.490 e. The van der Waals surface area contributed by atoms with E-state index in [1.807, 2.05) is 12.1 Å². The summed E-state index contributed by atoms with van der Waals surface area (Å²) in [4.78, 5) is 33.9. The average Bonchev–Trinajstić information content (AvgIpc) is 3.16. The molecule has 2 heterocycles. The first kappa shape index (κ1) is 27.7. The molecule has 0 atom stereocenters. The molecular formula is C25H27F3N4O5. The first-order valence-electron chi connectivity index (χ1n) is 11.4. The molecule has 1 aromatic heterocycles. The number of nitrogens with two attached hydrogens (primary N) is 1. The Balaban J connectivity index is 0.000000479. The van der Waals surface area contributed by atoms with Gasteiger partial charge in [-0.1, -0.05) is 30.3 Å². The van der Waals surface area contributed by atoms with Crippen molar-refractivity contribution in [2.24, 2.45) is 5.73 Å². The Bertz CT molecular complexity index is 1270. The second kappa shape index (κ2) is 11.9. The van der Waals surface area contributed by atoms with E-state index in [0.717, 1.165) is 44.6 Å². The van der Waals surface area contributed by atoms with E-state index in [0.29, 0.717) is 12.0 Å². The van der Waals surface area contributed by atoms with Gasteiger partial charge >= 0.3 is 12.1 Å². The van der Waals surface area contributed by atoms with Crippen molar-refractivity contribution in [2.45, 2.75) is 38.5 Å². The molecular weight excluding hydrogens is 493 g/mol. The molecule has 37 heavy (non-hydrogen) atoms. The van der Waals surface area contributed by atoms with Crippen LogP contribution in [0.15, 0.2) is 48.5 Å². The van der Waals surface area contributed by atoms with Crippen molar-refractivity contribution < 1.29 is 37.9 Å². The number of hydrogen-bond donors (Lipinski definition) is 4. The number of para-hydroxylation sites is 1. The van der Waals surface area contributed by atoms with Gasteiger partial charge in [0.2, 0.25) is 5.91 Å². The Morgan fingerprint density at radius 1 is 1.05 bits per heavy atom. The van der Waals surface area contributed by atoms with Gasteiger partial charge in [0.15, 0.2) is 0 Å². The van der Waals surface area contributed by atoms with E-state index in [1.165, 1.54) is 22.2 Å². The summed E-state index contributed by atoms with van der Waals surface area (Å²) < 4.78 is 34.1. The Morgan fingerprint density at radius 2 is 1.70 bits per heavy atom. The Labute approximate surface area is 210 Å². The number of rotatable bonds is 7. The molecule has 0 fully saturated rings. The minimum atomic E-state index is -5.08. The topological polar surface area (TPSA) is 138 Å². The van der Waals surface area contributed by atoms with Crippen LogP contribution in [0.1, 0.15) is 40.0 Å². The molecule has 2 amide bonds. The maximum absolute atomic E-state index is 11.6. The van der Waals surface area contributed by atoms with E-state index < -0.39 is 18.1 Å². The average molecular weight is 521 g/mol. The van der Waals surface area contributed by atoms with E-state index in [1.54, 1.807) is 17.6 Å². The number of alkyl halides is 3. The third kappa shape index (κ3) is 7.08. The first-order valence-corrected chi connectivity index (χ1v) is 11.4. The summed E-state index contributed by atoms with van der Waals surface area (Å²) in [5, 5.41) is 17.2. The number of carboxylic acids is 1. The molecule has 0 spiro atoms. The lowest BCUT2D eigenvalue weighted by molar-refractivity contribution is -0.192. The van der Waals surface area contributed by atoms with Crippen LogP contribution in [-0.2, 0) is 29.1 Å². The number of benzene rings is 2. The molecule has 0 saturated heterocycles. The monoisotopic (exact) mass is 520 g/mol. The number of hydrogen-bond acceptors (Lipinski definition) is 5. The Kier molecular flexibility index (Phi) is 8.90. The fourth-order valence-electron chi connectivity index (χ4n) is 4.31. The molecule has 12 heteroatoms. The molecule has 2 aromatic carbocycles. The van der Waals surface area contributed by atoms with Crippen molar-refractivity contribution in [3.8, 4) is 0 Å². The van der Waals surface area contributed by atoms with Crippen LogP contribution in [0.5, 0.6) is 0 Å².